The van der Waals surface area contributed by atoms with Gasteiger partial charge in [-0.2, -0.15) is 0 Å². The molecule has 2 aromatic carbocycles. The molecule has 0 fully saturated rings. The Hall–Kier alpha value is -1.96. The van der Waals surface area contributed by atoms with E-state index in [0.29, 0.717) is 6.61 Å². The lowest BCUT2D eigenvalue weighted by Crippen LogP contribution is -2.14. The Morgan fingerprint density at radius 2 is 1.89 bits per heavy atom. The summed E-state index contributed by atoms with van der Waals surface area (Å²) in [5, 5.41) is 3.45. The molecule has 2 heteroatoms. The van der Waals surface area contributed by atoms with E-state index in [9.17, 15) is 0 Å². The predicted molar refractivity (Wildman–Crippen MR) is 74.0 cm³/mol. The molecule has 0 saturated heterocycles. The number of benzene rings is 2. The minimum absolute atomic E-state index is 0.648. The first-order valence-corrected chi connectivity index (χ1v) is 6.46. The zero-order valence-electron chi connectivity index (χ0n) is 10.4. The Bertz CT molecular complexity index is 522. The van der Waals surface area contributed by atoms with Gasteiger partial charge in [0.25, 0.3) is 0 Å². The fraction of sp³-hybridized carbons (Fsp3) is 0.250. The van der Waals surface area contributed by atoms with Gasteiger partial charge in [0.2, 0.25) is 0 Å². The number of hydrogen-bond donors (Lipinski definition) is 1. The molecule has 18 heavy (non-hydrogen) atoms. The number of ether oxygens (including phenoxy) is 1. The molecule has 0 spiro atoms. The van der Waals surface area contributed by atoms with Gasteiger partial charge in [0.1, 0.15) is 12.4 Å². The van der Waals surface area contributed by atoms with Gasteiger partial charge >= 0.3 is 0 Å². The summed E-state index contributed by atoms with van der Waals surface area (Å²) < 4.78 is 5.83. The quantitative estimate of drug-likeness (QED) is 0.883. The minimum Gasteiger partial charge on any atom is -0.489 e. The number of nitrogens with one attached hydrogen (secondary N) is 1. The number of hydrogen-bond acceptors (Lipinski definition) is 2. The molecule has 2 aromatic rings. The van der Waals surface area contributed by atoms with E-state index >= 15 is 0 Å². The fourth-order valence-corrected chi connectivity index (χ4v) is 2.40. The monoisotopic (exact) mass is 239 g/mol. The van der Waals surface area contributed by atoms with Gasteiger partial charge in [-0.25, -0.2) is 0 Å². The summed E-state index contributed by atoms with van der Waals surface area (Å²) in [4.78, 5) is 0. The maximum atomic E-state index is 5.83. The highest BCUT2D eigenvalue weighted by molar-refractivity contribution is 5.56. The first kappa shape index (κ1) is 11.1. The van der Waals surface area contributed by atoms with E-state index in [-0.39, 0.29) is 0 Å². The molecule has 0 unspecified atom stereocenters. The Balaban J connectivity index is 1.77. The van der Waals surface area contributed by atoms with Gasteiger partial charge in [-0.15, -0.1) is 0 Å². The van der Waals surface area contributed by atoms with Gasteiger partial charge in [0, 0.05) is 12.2 Å². The maximum absolute atomic E-state index is 5.83. The molecule has 1 N–H and O–H groups in total. The van der Waals surface area contributed by atoms with Gasteiger partial charge in [0.15, 0.2) is 0 Å². The largest absolute Gasteiger partial charge is 0.489 e. The van der Waals surface area contributed by atoms with E-state index in [4.69, 9.17) is 4.74 Å². The Morgan fingerprint density at radius 3 is 2.78 bits per heavy atom. The highest BCUT2D eigenvalue weighted by Crippen LogP contribution is 2.26. The van der Waals surface area contributed by atoms with Crippen molar-refractivity contribution in [3.05, 3.63) is 59.7 Å². The van der Waals surface area contributed by atoms with Crippen molar-refractivity contribution in [2.75, 3.05) is 11.9 Å². The van der Waals surface area contributed by atoms with Crippen molar-refractivity contribution >= 4 is 5.69 Å². The molecule has 0 saturated carbocycles. The zero-order valence-corrected chi connectivity index (χ0v) is 10.4. The van der Waals surface area contributed by atoms with E-state index in [1.165, 1.54) is 23.2 Å². The fourth-order valence-electron chi connectivity index (χ4n) is 2.40. The molecule has 2 nitrogen and oxygen atoms in total. The highest BCUT2D eigenvalue weighted by atomic mass is 16.5. The molecule has 0 atom stereocenters. The summed E-state index contributed by atoms with van der Waals surface area (Å²) >= 11 is 0. The first-order valence-electron chi connectivity index (χ1n) is 6.46. The van der Waals surface area contributed by atoms with Gasteiger partial charge in [0.05, 0.1) is 0 Å². The van der Waals surface area contributed by atoms with Crippen molar-refractivity contribution in [2.24, 2.45) is 0 Å². The van der Waals surface area contributed by atoms with E-state index in [2.05, 4.69) is 23.5 Å². The third kappa shape index (κ3) is 2.33. The molecule has 0 radical (unpaired) electrons. The third-order valence-electron chi connectivity index (χ3n) is 3.33. The molecular formula is C16H17NO. The molecule has 1 aliphatic rings. The van der Waals surface area contributed by atoms with Crippen LogP contribution in [0.25, 0.3) is 0 Å². The van der Waals surface area contributed by atoms with Crippen molar-refractivity contribution < 1.29 is 4.74 Å². The van der Waals surface area contributed by atoms with Gasteiger partial charge in [-0.1, -0.05) is 30.3 Å². The molecule has 3 rings (SSSR count). The van der Waals surface area contributed by atoms with Crippen molar-refractivity contribution in [3.8, 4) is 5.75 Å². The predicted octanol–water partition coefficient (Wildman–Crippen LogP) is 3.62. The number of para-hydroxylation sites is 1. The van der Waals surface area contributed by atoms with Crippen molar-refractivity contribution in [1.82, 2.24) is 0 Å². The second-order valence-corrected chi connectivity index (χ2v) is 4.58. The molecule has 1 heterocycles. The topological polar surface area (TPSA) is 21.3 Å². The van der Waals surface area contributed by atoms with Crippen molar-refractivity contribution in [3.63, 3.8) is 0 Å². The van der Waals surface area contributed by atoms with Crippen LogP contribution in [0.4, 0.5) is 5.69 Å². The lowest BCUT2D eigenvalue weighted by atomic mass is 9.98. The molecular weight excluding hydrogens is 222 g/mol. The lowest BCUT2D eigenvalue weighted by Gasteiger charge is -2.21. The normalized spacial score (nSPS) is 13.6. The summed E-state index contributed by atoms with van der Waals surface area (Å²) in [5.41, 5.74) is 3.98. The number of fused-ring (bicyclic) bond motifs is 1. The maximum Gasteiger partial charge on any atom is 0.119 e. The second kappa shape index (κ2) is 5.13. The average Bonchev–Trinajstić information content (AvgIpc) is 2.46. The van der Waals surface area contributed by atoms with E-state index in [1.807, 2.05) is 30.3 Å². The molecule has 0 aliphatic carbocycles. The number of rotatable bonds is 3. The van der Waals surface area contributed by atoms with Gasteiger partial charge < -0.3 is 10.1 Å². The smallest absolute Gasteiger partial charge is 0.119 e. The molecule has 0 bridgehead atoms. The zero-order chi connectivity index (χ0) is 12.2. The van der Waals surface area contributed by atoms with Crippen LogP contribution in [0.3, 0.4) is 0 Å². The SMILES string of the molecule is c1ccc(OCc2cccc3c2CCCN3)cc1. The minimum atomic E-state index is 0.648. The first-order chi connectivity index (χ1) is 8.93. The van der Waals surface area contributed by atoms with Crippen LogP contribution in [0.5, 0.6) is 5.75 Å². The highest BCUT2D eigenvalue weighted by Gasteiger charge is 2.12. The third-order valence-corrected chi connectivity index (χ3v) is 3.33. The van der Waals surface area contributed by atoms with E-state index in [1.54, 1.807) is 0 Å². The van der Waals surface area contributed by atoms with Crippen LogP contribution in [-0.4, -0.2) is 6.54 Å². The Labute approximate surface area is 108 Å². The lowest BCUT2D eigenvalue weighted by molar-refractivity contribution is 0.305. The van der Waals surface area contributed by atoms with E-state index < -0.39 is 0 Å². The molecule has 0 amide bonds. The van der Waals surface area contributed by atoms with Crippen LogP contribution >= 0.6 is 0 Å². The number of anilines is 1. The Morgan fingerprint density at radius 1 is 1.00 bits per heavy atom. The standard InChI is InChI=1S/C16H17NO/c1-2-7-14(8-3-1)18-12-13-6-4-10-16-15(13)9-5-11-17-16/h1-4,6-8,10,17H,5,9,11-12H2. The van der Waals surface area contributed by atoms with Crippen molar-refractivity contribution in [2.45, 2.75) is 19.4 Å². The summed E-state index contributed by atoms with van der Waals surface area (Å²) in [6.07, 6.45) is 2.35. The summed E-state index contributed by atoms with van der Waals surface area (Å²) in [5.74, 6) is 0.930. The van der Waals surface area contributed by atoms with Crippen LogP contribution in [-0.2, 0) is 13.0 Å². The molecule has 0 aromatic heterocycles. The van der Waals surface area contributed by atoms with Crippen molar-refractivity contribution in [1.29, 1.82) is 0 Å². The summed E-state index contributed by atoms with van der Waals surface area (Å²) in [6.45, 7) is 1.73. The molecule has 92 valence electrons. The van der Waals surface area contributed by atoms with Crippen LogP contribution < -0.4 is 10.1 Å². The van der Waals surface area contributed by atoms with Crippen LogP contribution in [0.2, 0.25) is 0 Å². The Kier molecular flexibility index (Phi) is 3.18. The van der Waals surface area contributed by atoms with Crippen LogP contribution in [0.15, 0.2) is 48.5 Å². The average molecular weight is 239 g/mol. The molecule has 1 aliphatic heterocycles. The van der Waals surface area contributed by atoms with Gasteiger partial charge in [-0.05, 0) is 42.2 Å². The van der Waals surface area contributed by atoms with Gasteiger partial charge in [-0.3, -0.25) is 0 Å². The van der Waals surface area contributed by atoms with Crippen LogP contribution in [0.1, 0.15) is 17.5 Å². The second-order valence-electron chi connectivity index (χ2n) is 4.58. The summed E-state index contributed by atoms with van der Waals surface area (Å²) in [7, 11) is 0. The van der Waals surface area contributed by atoms with Crippen LogP contribution in [0, 0.1) is 0 Å². The summed E-state index contributed by atoms with van der Waals surface area (Å²) in [6, 6.07) is 16.4. The van der Waals surface area contributed by atoms with E-state index in [0.717, 1.165) is 18.7 Å².